The summed E-state index contributed by atoms with van der Waals surface area (Å²) in [5.41, 5.74) is 6.08. The summed E-state index contributed by atoms with van der Waals surface area (Å²) in [6.45, 7) is 4.38. The van der Waals surface area contributed by atoms with Gasteiger partial charge in [-0.15, -0.1) is 0 Å². The molecule has 0 saturated heterocycles. The molecule has 108 valence electrons. The van der Waals surface area contributed by atoms with Crippen molar-refractivity contribution in [2.75, 3.05) is 19.4 Å². The molecule has 5 nitrogen and oxygen atoms in total. The van der Waals surface area contributed by atoms with Gasteiger partial charge in [0.1, 0.15) is 10.6 Å². The molecule has 0 spiro atoms. The van der Waals surface area contributed by atoms with E-state index in [-0.39, 0.29) is 16.6 Å². The van der Waals surface area contributed by atoms with Crippen molar-refractivity contribution in [2.45, 2.75) is 25.2 Å². The second kappa shape index (κ2) is 6.58. The number of nitrogens with one attached hydrogen (secondary N) is 1. The highest BCUT2D eigenvalue weighted by atomic mass is 79.9. The average Bonchev–Trinajstić information content (AvgIpc) is 2.38. The van der Waals surface area contributed by atoms with E-state index in [2.05, 4.69) is 20.7 Å². The van der Waals surface area contributed by atoms with Crippen LogP contribution in [0.4, 0.5) is 5.69 Å². The van der Waals surface area contributed by atoms with E-state index in [4.69, 9.17) is 10.5 Å². The third-order valence-electron chi connectivity index (χ3n) is 2.89. The minimum absolute atomic E-state index is 0.0546. The molecule has 0 aliphatic rings. The molecule has 0 fully saturated rings. The summed E-state index contributed by atoms with van der Waals surface area (Å²) in [6, 6.07) is 2.94. The van der Waals surface area contributed by atoms with Crippen LogP contribution in [0.5, 0.6) is 5.75 Å². The first-order valence-corrected chi connectivity index (χ1v) is 8.22. The lowest BCUT2D eigenvalue weighted by Gasteiger charge is -2.14. The molecule has 0 bridgehead atoms. The number of sulfonamides is 1. The summed E-state index contributed by atoms with van der Waals surface area (Å²) in [7, 11) is -2.20. The van der Waals surface area contributed by atoms with E-state index >= 15 is 0 Å². The molecule has 0 aromatic heterocycles. The third kappa shape index (κ3) is 4.09. The van der Waals surface area contributed by atoms with Crippen LogP contribution < -0.4 is 15.2 Å². The van der Waals surface area contributed by atoms with Crippen LogP contribution in [-0.2, 0) is 10.0 Å². The lowest BCUT2D eigenvalue weighted by atomic mass is 10.1. The Morgan fingerprint density at radius 2 is 2.11 bits per heavy atom. The van der Waals surface area contributed by atoms with Crippen molar-refractivity contribution >= 4 is 31.6 Å². The summed E-state index contributed by atoms with van der Waals surface area (Å²) in [4.78, 5) is 0.0546. The van der Waals surface area contributed by atoms with Crippen molar-refractivity contribution in [1.29, 1.82) is 0 Å². The first kappa shape index (κ1) is 16.3. The number of benzene rings is 1. The van der Waals surface area contributed by atoms with Gasteiger partial charge in [0.2, 0.25) is 10.0 Å². The summed E-state index contributed by atoms with van der Waals surface area (Å²) in [5.74, 6) is 0.534. The number of nitrogen functional groups attached to an aromatic ring is 1. The van der Waals surface area contributed by atoms with Crippen molar-refractivity contribution in [1.82, 2.24) is 4.72 Å². The van der Waals surface area contributed by atoms with Gasteiger partial charge in [0.15, 0.2) is 0 Å². The highest BCUT2D eigenvalue weighted by Crippen LogP contribution is 2.32. The van der Waals surface area contributed by atoms with E-state index in [0.29, 0.717) is 16.7 Å². The van der Waals surface area contributed by atoms with Gasteiger partial charge in [0, 0.05) is 16.7 Å². The van der Waals surface area contributed by atoms with E-state index in [0.717, 1.165) is 6.42 Å². The highest BCUT2D eigenvalue weighted by Gasteiger charge is 2.21. The molecule has 0 aliphatic carbocycles. The van der Waals surface area contributed by atoms with Gasteiger partial charge in [-0.1, -0.05) is 20.3 Å². The molecule has 19 heavy (non-hydrogen) atoms. The zero-order valence-electron chi connectivity index (χ0n) is 11.2. The van der Waals surface area contributed by atoms with Gasteiger partial charge in [0.05, 0.1) is 7.11 Å². The maximum atomic E-state index is 12.2. The Labute approximate surface area is 122 Å². The predicted octanol–water partition coefficient (Wildman–Crippen LogP) is 2.36. The van der Waals surface area contributed by atoms with Crippen molar-refractivity contribution in [3.05, 3.63) is 16.6 Å². The molecule has 0 saturated carbocycles. The van der Waals surface area contributed by atoms with Crippen LogP contribution in [0, 0.1) is 5.92 Å². The van der Waals surface area contributed by atoms with Gasteiger partial charge in [-0.05, 0) is 34.0 Å². The SMILES string of the molecule is CCC(C)CNS(=O)(=O)c1cc(N)c(Br)cc1OC. The molecule has 1 unspecified atom stereocenters. The number of ether oxygens (including phenoxy) is 1. The Kier molecular flexibility index (Phi) is 5.64. The Bertz CT molecular complexity index is 546. The van der Waals surface area contributed by atoms with Gasteiger partial charge >= 0.3 is 0 Å². The van der Waals surface area contributed by atoms with Gasteiger partial charge in [0.25, 0.3) is 0 Å². The molecule has 1 rings (SSSR count). The van der Waals surface area contributed by atoms with Crippen LogP contribution in [0.1, 0.15) is 20.3 Å². The average molecular weight is 351 g/mol. The molecule has 3 N–H and O–H groups in total. The van der Waals surface area contributed by atoms with Gasteiger partial charge in [-0.2, -0.15) is 0 Å². The third-order valence-corrected chi connectivity index (χ3v) is 5.02. The fourth-order valence-corrected chi connectivity index (χ4v) is 3.07. The molecule has 0 amide bonds. The van der Waals surface area contributed by atoms with Crippen LogP contribution in [0.2, 0.25) is 0 Å². The molecule has 0 aliphatic heterocycles. The smallest absolute Gasteiger partial charge is 0.244 e. The number of anilines is 1. The van der Waals surface area contributed by atoms with Crippen molar-refractivity contribution in [3.8, 4) is 5.75 Å². The van der Waals surface area contributed by atoms with Gasteiger partial charge in [-0.3, -0.25) is 0 Å². The van der Waals surface area contributed by atoms with E-state index in [1.54, 1.807) is 6.07 Å². The summed E-state index contributed by atoms with van der Waals surface area (Å²) >= 11 is 3.24. The van der Waals surface area contributed by atoms with Crippen LogP contribution in [0.25, 0.3) is 0 Å². The largest absolute Gasteiger partial charge is 0.495 e. The van der Waals surface area contributed by atoms with Crippen molar-refractivity contribution in [3.63, 3.8) is 0 Å². The predicted molar refractivity (Wildman–Crippen MR) is 79.7 cm³/mol. The first-order chi connectivity index (χ1) is 8.81. The van der Waals surface area contributed by atoms with Gasteiger partial charge in [-0.25, -0.2) is 13.1 Å². The molecule has 1 aromatic rings. The number of halogens is 1. The van der Waals surface area contributed by atoms with Crippen LogP contribution in [0.15, 0.2) is 21.5 Å². The van der Waals surface area contributed by atoms with Gasteiger partial charge < -0.3 is 10.5 Å². The number of hydrogen-bond donors (Lipinski definition) is 2. The highest BCUT2D eigenvalue weighted by molar-refractivity contribution is 9.10. The lowest BCUT2D eigenvalue weighted by Crippen LogP contribution is -2.28. The topological polar surface area (TPSA) is 81.4 Å². The molecule has 7 heteroatoms. The maximum Gasteiger partial charge on any atom is 0.244 e. The number of rotatable bonds is 6. The minimum Gasteiger partial charge on any atom is -0.495 e. The first-order valence-electron chi connectivity index (χ1n) is 5.94. The fraction of sp³-hybridized carbons (Fsp3) is 0.500. The second-order valence-corrected chi connectivity index (χ2v) is 6.98. The second-order valence-electron chi connectivity index (χ2n) is 4.39. The Hall–Kier alpha value is -0.790. The zero-order valence-corrected chi connectivity index (χ0v) is 13.6. The summed E-state index contributed by atoms with van der Waals surface area (Å²) in [6.07, 6.45) is 0.905. The summed E-state index contributed by atoms with van der Waals surface area (Å²) < 4.78 is 32.7. The van der Waals surface area contributed by atoms with Crippen LogP contribution >= 0.6 is 15.9 Å². The summed E-state index contributed by atoms with van der Waals surface area (Å²) in [5, 5.41) is 0. The van der Waals surface area contributed by atoms with E-state index in [1.807, 2.05) is 13.8 Å². The minimum atomic E-state index is -3.62. The molecule has 1 atom stereocenters. The molecular formula is C12H19BrN2O3S. The number of hydrogen-bond acceptors (Lipinski definition) is 4. The molecule has 0 heterocycles. The van der Waals surface area contributed by atoms with Crippen LogP contribution in [-0.4, -0.2) is 22.1 Å². The number of methoxy groups -OCH3 is 1. The van der Waals surface area contributed by atoms with Crippen molar-refractivity contribution < 1.29 is 13.2 Å². The standard InChI is InChI=1S/C12H19BrN2O3S/c1-4-8(2)7-15-19(16,17)12-6-10(14)9(13)5-11(12)18-3/h5-6,8,15H,4,7,14H2,1-3H3. The molecular weight excluding hydrogens is 332 g/mol. The Morgan fingerprint density at radius 3 is 2.63 bits per heavy atom. The normalized spacial score (nSPS) is 13.3. The monoisotopic (exact) mass is 350 g/mol. The Balaban J connectivity index is 3.10. The quantitative estimate of drug-likeness (QED) is 0.771. The maximum absolute atomic E-state index is 12.2. The molecule has 0 radical (unpaired) electrons. The van der Waals surface area contributed by atoms with E-state index in [9.17, 15) is 8.42 Å². The van der Waals surface area contributed by atoms with Crippen LogP contribution in [0.3, 0.4) is 0 Å². The lowest BCUT2D eigenvalue weighted by molar-refractivity contribution is 0.402. The Morgan fingerprint density at radius 1 is 1.47 bits per heavy atom. The van der Waals surface area contributed by atoms with E-state index < -0.39 is 10.0 Å². The van der Waals surface area contributed by atoms with E-state index in [1.165, 1.54) is 13.2 Å². The van der Waals surface area contributed by atoms with Crippen molar-refractivity contribution in [2.24, 2.45) is 5.92 Å². The molecule has 1 aromatic carbocycles. The number of nitrogens with two attached hydrogens (primary N) is 1. The zero-order chi connectivity index (χ0) is 14.6. The fourth-order valence-electron chi connectivity index (χ4n) is 1.39.